The predicted molar refractivity (Wildman–Crippen MR) is 71.5 cm³/mol. The molecule has 0 bridgehead atoms. The van der Waals surface area contributed by atoms with Crippen LogP contribution in [0.25, 0.3) is 0 Å². The minimum absolute atomic E-state index is 0.00264. The van der Waals surface area contributed by atoms with Crippen molar-refractivity contribution in [1.29, 1.82) is 0 Å². The van der Waals surface area contributed by atoms with Gasteiger partial charge in [0.25, 0.3) is 0 Å². The molecule has 0 radical (unpaired) electrons. The SMILES string of the molecule is Cc1ccc(NC(=O)C2CCC(N)C2)c(C)c1O. The van der Waals surface area contributed by atoms with Gasteiger partial charge in [-0.2, -0.15) is 0 Å². The van der Waals surface area contributed by atoms with Gasteiger partial charge < -0.3 is 16.2 Å². The quantitative estimate of drug-likeness (QED) is 0.750. The Morgan fingerprint density at radius 2 is 2.11 bits per heavy atom. The third-order valence-corrected chi connectivity index (χ3v) is 3.73. The van der Waals surface area contributed by atoms with Crippen molar-refractivity contribution in [3.05, 3.63) is 23.3 Å². The lowest BCUT2D eigenvalue weighted by Crippen LogP contribution is -2.23. The molecule has 0 aromatic heterocycles. The van der Waals surface area contributed by atoms with E-state index in [-0.39, 0.29) is 23.6 Å². The number of phenols is 1. The Hall–Kier alpha value is -1.55. The number of aromatic hydroxyl groups is 1. The number of anilines is 1. The first-order chi connectivity index (χ1) is 8.49. The topological polar surface area (TPSA) is 75.4 Å². The molecule has 2 rings (SSSR count). The Bertz CT molecular complexity index is 471. The van der Waals surface area contributed by atoms with E-state index in [1.807, 2.05) is 13.0 Å². The van der Waals surface area contributed by atoms with Crippen molar-refractivity contribution >= 4 is 11.6 Å². The van der Waals surface area contributed by atoms with Crippen molar-refractivity contribution in [2.45, 2.75) is 39.2 Å². The normalized spacial score (nSPS) is 23.1. The zero-order valence-electron chi connectivity index (χ0n) is 10.9. The average Bonchev–Trinajstić information content (AvgIpc) is 2.77. The van der Waals surface area contributed by atoms with E-state index in [9.17, 15) is 9.90 Å². The minimum Gasteiger partial charge on any atom is -0.507 e. The van der Waals surface area contributed by atoms with Crippen molar-refractivity contribution in [1.82, 2.24) is 0 Å². The smallest absolute Gasteiger partial charge is 0.227 e. The number of rotatable bonds is 2. The highest BCUT2D eigenvalue weighted by Gasteiger charge is 2.28. The molecule has 0 aliphatic heterocycles. The third kappa shape index (κ3) is 2.48. The second-order valence-electron chi connectivity index (χ2n) is 5.16. The summed E-state index contributed by atoms with van der Waals surface area (Å²) in [6.07, 6.45) is 2.52. The molecule has 1 aromatic carbocycles. The van der Waals surface area contributed by atoms with Crippen LogP contribution in [0.5, 0.6) is 5.75 Å². The third-order valence-electron chi connectivity index (χ3n) is 3.73. The molecule has 4 heteroatoms. The molecular weight excluding hydrogens is 228 g/mol. The lowest BCUT2D eigenvalue weighted by Gasteiger charge is -2.14. The van der Waals surface area contributed by atoms with Crippen LogP contribution < -0.4 is 11.1 Å². The summed E-state index contributed by atoms with van der Waals surface area (Å²) in [5.74, 6) is 0.257. The fraction of sp³-hybridized carbons (Fsp3) is 0.500. The van der Waals surface area contributed by atoms with Crippen LogP contribution in [0.3, 0.4) is 0 Å². The van der Waals surface area contributed by atoms with E-state index in [0.29, 0.717) is 11.3 Å². The highest BCUT2D eigenvalue weighted by molar-refractivity contribution is 5.93. The number of nitrogens with two attached hydrogens (primary N) is 1. The number of benzene rings is 1. The van der Waals surface area contributed by atoms with Gasteiger partial charge in [0.1, 0.15) is 5.75 Å². The fourth-order valence-corrected chi connectivity index (χ4v) is 2.46. The van der Waals surface area contributed by atoms with Crippen LogP contribution >= 0.6 is 0 Å². The maximum atomic E-state index is 12.1. The van der Waals surface area contributed by atoms with Crippen molar-refractivity contribution < 1.29 is 9.90 Å². The van der Waals surface area contributed by atoms with E-state index in [1.165, 1.54) is 0 Å². The summed E-state index contributed by atoms with van der Waals surface area (Å²) >= 11 is 0. The van der Waals surface area contributed by atoms with Gasteiger partial charge in [-0.3, -0.25) is 4.79 Å². The molecule has 18 heavy (non-hydrogen) atoms. The van der Waals surface area contributed by atoms with E-state index in [2.05, 4.69) is 5.32 Å². The first-order valence-corrected chi connectivity index (χ1v) is 6.34. The van der Waals surface area contributed by atoms with Crippen molar-refractivity contribution in [3.8, 4) is 5.75 Å². The van der Waals surface area contributed by atoms with Crippen LogP contribution in [-0.2, 0) is 4.79 Å². The van der Waals surface area contributed by atoms with Crippen LogP contribution in [0, 0.1) is 19.8 Å². The number of aryl methyl sites for hydroxylation is 1. The van der Waals surface area contributed by atoms with E-state index < -0.39 is 0 Å². The summed E-state index contributed by atoms with van der Waals surface area (Å²) in [7, 11) is 0. The largest absolute Gasteiger partial charge is 0.507 e. The average molecular weight is 248 g/mol. The minimum atomic E-state index is 0.00264. The standard InChI is InChI=1S/C14H20N2O2/c1-8-3-6-12(9(2)13(8)17)16-14(18)10-4-5-11(15)7-10/h3,6,10-11,17H,4-5,7,15H2,1-2H3,(H,16,18). The highest BCUT2D eigenvalue weighted by Crippen LogP contribution is 2.30. The molecule has 1 aliphatic rings. The molecule has 1 fully saturated rings. The molecule has 2 atom stereocenters. The van der Waals surface area contributed by atoms with Crippen LogP contribution in [0.1, 0.15) is 30.4 Å². The molecule has 1 saturated carbocycles. The molecule has 2 unspecified atom stereocenters. The Balaban J connectivity index is 2.10. The summed E-state index contributed by atoms with van der Waals surface area (Å²) in [5, 5.41) is 12.7. The summed E-state index contributed by atoms with van der Waals surface area (Å²) in [6, 6.07) is 3.78. The van der Waals surface area contributed by atoms with Crippen LogP contribution in [0.4, 0.5) is 5.69 Å². The van der Waals surface area contributed by atoms with Crippen molar-refractivity contribution in [2.24, 2.45) is 11.7 Å². The van der Waals surface area contributed by atoms with Crippen molar-refractivity contribution in [3.63, 3.8) is 0 Å². The Labute approximate surface area is 107 Å². The Kier molecular flexibility index (Phi) is 3.57. The number of amides is 1. The first-order valence-electron chi connectivity index (χ1n) is 6.34. The van der Waals surface area contributed by atoms with Gasteiger partial charge in [-0.1, -0.05) is 6.07 Å². The summed E-state index contributed by atoms with van der Waals surface area (Å²) in [6.45, 7) is 3.64. The second-order valence-corrected chi connectivity index (χ2v) is 5.16. The zero-order chi connectivity index (χ0) is 13.3. The molecule has 1 aromatic rings. The van der Waals surface area contributed by atoms with E-state index in [0.717, 1.165) is 24.8 Å². The number of hydrogen-bond donors (Lipinski definition) is 3. The van der Waals surface area contributed by atoms with Gasteiger partial charge in [-0.15, -0.1) is 0 Å². The van der Waals surface area contributed by atoms with Gasteiger partial charge in [0.05, 0.1) is 0 Å². The lowest BCUT2D eigenvalue weighted by atomic mass is 10.1. The highest BCUT2D eigenvalue weighted by atomic mass is 16.3. The Morgan fingerprint density at radius 3 is 2.72 bits per heavy atom. The van der Waals surface area contributed by atoms with Gasteiger partial charge in [0, 0.05) is 23.2 Å². The van der Waals surface area contributed by atoms with E-state index in [1.54, 1.807) is 13.0 Å². The number of hydrogen-bond acceptors (Lipinski definition) is 3. The van der Waals surface area contributed by atoms with E-state index in [4.69, 9.17) is 5.73 Å². The predicted octanol–water partition coefficient (Wildman–Crippen LogP) is 2.07. The first kappa shape index (κ1) is 12.9. The van der Waals surface area contributed by atoms with Crippen molar-refractivity contribution in [2.75, 3.05) is 5.32 Å². The molecule has 0 heterocycles. The second kappa shape index (κ2) is 4.98. The number of carbonyl (C=O) groups is 1. The maximum Gasteiger partial charge on any atom is 0.227 e. The monoisotopic (exact) mass is 248 g/mol. The summed E-state index contributed by atoms with van der Waals surface area (Å²) in [4.78, 5) is 12.1. The molecule has 1 aliphatic carbocycles. The Morgan fingerprint density at radius 1 is 1.39 bits per heavy atom. The van der Waals surface area contributed by atoms with E-state index >= 15 is 0 Å². The molecule has 98 valence electrons. The molecular formula is C14H20N2O2. The van der Waals surface area contributed by atoms with Crippen LogP contribution in [0.2, 0.25) is 0 Å². The number of carbonyl (C=O) groups excluding carboxylic acids is 1. The summed E-state index contributed by atoms with van der Waals surface area (Å²) < 4.78 is 0. The molecule has 4 N–H and O–H groups in total. The molecule has 0 spiro atoms. The van der Waals surface area contributed by atoms with Crippen LogP contribution in [-0.4, -0.2) is 17.1 Å². The number of phenolic OH excluding ortho intramolecular Hbond substituents is 1. The zero-order valence-corrected chi connectivity index (χ0v) is 10.9. The van der Waals surface area contributed by atoms with Gasteiger partial charge in [0.2, 0.25) is 5.91 Å². The van der Waals surface area contributed by atoms with Gasteiger partial charge in [-0.05, 0) is 44.7 Å². The lowest BCUT2D eigenvalue weighted by molar-refractivity contribution is -0.119. The molecule has 0 saturated heterocycles. The molecule has 4 nitrogen and oxygen atoms in total. The van der Waals surface area contributed by atoms with Gasteiger partial charge in [0.15, 0.2) is 0 Å². The van der Waals surface area contributed by atoms with Gasteiger partial charge in [-0.25, -0.2) is 0 Å². The maximum absolute atomic E-state index is 12.1. The number of nitrogens with one attached hydrogen (secondary N) is 1. The fourth-order valence-electron chi connectivity index (χ4n) is 2.46. The van der Waals surface area contributed by atoms with Gasteiger partial charge >= 0.3 is 0 Å². The molecule has 1 amide bonds. The summed E-state index contributed by atoms with van der Waals surface area (Å²) in [5.41, 5.74) is 8.02. The van der Waals surface area contributed by atoms with Crippen LogP contribution in [0.15, 0.2) is 12.1 Å².